The summed E-state index contributed by atoms with van der Waals surface area (Å²) >= 11 is 11.9. The maximum absolute atomic E-state index is 13.2. The average Bonchev–Trinajstić information content (AvgIpc) is 2.91. The number of hydrogen-bond acceptors (Lipinski definition) is 5. The lowest BCUT2D eigenvalue weighted by atomic mass is 10.2. The van der Waals surface area contributed by atoms with E-state index in [4.69, 9.17) is 29.5 Å². The molecule has 144 valence electrons. The molecule has 2 heterocycles. The molecule has 1 amide bonds. The van der Waals surface area contributed by atoms with Crippen molar-refractivity contribution >= 4 is 58.5 Å². The summed E-state index contributed by atoms with van der Waals surface area (Å²) in [5.41, 5.74) is 1.37. The molecule has 0 bridgehead atoms. The first-order valence-electron chi connectivity index (χ1n) is 8.31. The molecule has 28 heavy (non-hydrogen) atoms. The number of carboxylic acids is 1. The number of thioether (sulfide) groups is 1. The molecular formula is C19H15FN2O3S3. The van der Waals surface area contributed by atoms with Crippen LogP contribution in [0.2, 0.25) is 0 Å². The van der Waals surface area contributed by atoms with Gasteiger partial charge in [-0.1, -0.05) is 42.3 Å². The first-order valence-corrected chi connectivity index (χ1v) is 9.95. The van der Waals surface area contributed by atoms with E-state index in [0.717, 1.165) is 11.8 Å². The Morgan fingerprint density at radius 1 is 1.21 bits per heavy atom. The number of amides is 1. The SMILES string of the molecule is O=C(O)CCCN1C(=O)/C(=C/c2cccn(-c3ccc(F)cc3)c2=S)SC1=S. The Labute approximate surface area is 175 Å². The summed E-state index contributed by atoms with van der Waals surface area (Å²) < 4.78 is 15.8. The fourth-order valence-corrected chi connectivity index (χ4v) is 4.24. The molecule has 0 spiro atoms. The number of halogens is 1. The average molecular weight is 435 g/mol. The van der Waals surface area contributed by atoms with Crippen LogP contribution in [-0.4, -0.2) is 37.3 Å². The van der Waals surface area contributed by atoms with E-state index in [1.807, 2.05) is 0 Å². The minimum atomic E-state index is -0.911. The van der Waals surface area contributed by atoms with Crippen LogP contribution in [0.3, 0.4) is 0 Å². The standard InChI is InChI=1S/C19H15FN2O3S3/c20-13-5-7-14(8-6-13)21-9-1-3-12(18(21)26)11-15-17(25)22(19(27)28-15)10-2-4-16(23)24/h1,3,5-9,11H,2,4,10H2,(H,23,24)/b15-11-. The van der Waals surface area contributed by atoms with Gasteiger partial charge in [-0.15, -0.1) is 0 Å². The number of nitrogens with zero attached hydrogens (tertiary/aromatic N) is 2. The Morgan fingerprint density at radius 2 is 1.93 bits per heavy atom. The van der Waals surface area contributed by atoms with E-state index in [0.29, 0.717) is 31.5 Å². The molecule has 1 saturated heterocycles. The second-order valence-corrected chi connectivity index (χ2v) is 8.01. The van der Waals surface area contributed by atoms with Gasteiger partial charge in [0.1, 0.15) is 14.8 Å². The topological polar surface area (TPSA) is 62.5 Å². The van der Waals surface area contributed by atoms with Gasteiger partial charge in [-0.05, 0) is 42.8 Å². The number of carbonyl (C=O) groups is 2. The van der Waals surface area contributed by atoms with Gasteiger partial charge < -0.3 is 9.67 Å². The molecular weight excluding hydrogens is 419 g/mol. The van der Waals surface area contributed by atoms with Crippen molar-refractivity contribution in [2.24, 2.45) is 0 Å². The van der Waals surface area contributed by atoms with Crippen LogP contribution in [0.15, 0.2) is 47.5 Å². The van der Waals surface area contributed by atoms with Gasteiger partial charge >= 0.3 is 5.97 Å². The minimum absolute atomic E-state index is 0.0250. The normalized spacial score (nSPS) is 15.5. The van der Waals surface area contributed by atoms with Crippen LogP contribution < -0.4 is 0 Å². The van der Waals surface area contributed by atoms with Crippen molar-refractivity contribution in [1.29, 1.82) is 0 Å². The van der Waals surface area contributed by atoms with Gasteiger partial charge in [-0.3, -0.25) is 14.5 Å². The van der Waals surface area contributed by atoms with Gasteiger partial charge in [0, 0.05) is 30.4 Å². The lowest BCUT2D eigenvalue weighted by Gasteiger charge is -2.13. The number of aromatic nitrogens is 1. The Bertz CT molecular complexity index is 1030. The van der Waals surface area contributed by atoms with Gasteiger partial charge in [0.25, 0.3) is 5.91 Å². The van der Waals surface area contributed by atoms with Crippen LogP contribution in [0.4, 0.5) is 4.39 Å². The van der Waals surface area contributed by atoms with Crippen LogP contribution in [0.5, 0.6) is 0 Å². The molecule has 1 N–H and O–H groups in total. The van der Waals surface area contributed by atoms with Crippen molar-refractivity contribution in [2.75, 3.05) is 6.54 Å². The minimum Gasteiger partial charge on any atom is -0.481 e. The Kier molecular flexibility index (Phi) is 6.38. The quantitative estimate of drug-likeness (QED) is 0.537. The molecule has 3 rings (SSSR count). The van der Waals surface area contributed by atoms with Gasteiger partial charge in [-0.25, -0.2) is 4.39 Å². The summed E-state index contributed by atoms with van der Waals surface area (Å²) in [6.07, 6.45) is 3.75. The van der Waals surface area contributed by atoms with Crippen LogP contribution in [-0.2, 0) is 9.59 Å². The molecule has 1 aliphatic rings. The zero-order valence-electron chi connectivity index (χ0n) is 14.5. The van der Waals surface area contributed by atoms with E-state index >= 15 is 0 Å². The lowest BCUT2D eigenvalue weighted by Crippen LogP contribution is -2.29. The molecule has 5 nitrogen and oxygen atoms in total. The smallest absolute Gasteiger partial charge is 0.303 e. The molecule has 9 heteroatoms. The fourth-order valence-electron chi connectivity index (χ4n) is 2.65. The van der Waals surface area contributed by atoms with Crippen molar-refractivity contribution in [3.05, 3.63) is 63.5 Å². The monoisotopic (exact) mass is 434 g/mol. The molecule has 0 atom stereocenters. The molecule has 0 radical (unpaired) electrons. The molecule has 1 fully saturated rings. The largest absolute Gasteiger partial charge is 0.481 e. The molecule has 0 saturated carbocycles. The highest BCUT2D eigenvalue weighted by atomic mass is 32.2. The van der Waals surface area contributed by atoms with Crippen molar-refractivity contribution in [3.8, 4) is 5.69 Å². The highest BCUT2D eigenvalue weighted by molar-refractivity contribution is 8.26. The molecule has 1 aromatic heterocycles. The first-order chi connectivity index (χ1) is 13.4. The maximum Gasteiger partial charge on any atom is 0.303 e. The second kappa shape index (κ2) is 8.76. The Hall–Kier alpha value is -2.36. The van der Waals surface area contributed by atoms with Crippen LogP contribution >= 0.6 is 36.2 Å². The van der Waals surface area contributed by atoms with E-state index < -0.39 is 5.97 Å². The molecule has 0 aliphatic carbocycles. The summed E-state index contributed by atoms with van der Waals surface area (Å²) in [5.74, 6) is -1.50. The van der Waals surface area contributed by atoms with Crippen molar-refractivity contribution in [2.45, 2.75) is 12.8 Å². The predicted octanol–water partition coefficient (Wildman–Crippen LogP) is 4.41. The Balaban J connectivity index is 1.86. The number of pyridine rings is 1. The van der Waals surface area contributed by atoms with Gasteiger partial charge in [0.05, 0.1) is 4.91 Å². The summed E-state index contributed by atoms with van der Waals surface area (Å²) in [5, 5.41) is 8.74. The highest BCUT2D eigenvalue weighted by Crippen LogP contribution is 2.33. The number of hydrogen-bond donors (Lipinski definition) is 1. The zero-order valence-corrected chi connectivity index (χ0v) is 17.0. The summed E-state index contributed by atoms with van der Waals surface area (Å²) in [4.78, 5) is 25.1. The lowest BCUT2D eigenvalue weighted by molar-refractivity contribution is -0.137. The summed E-state index contributed by atoms with van der Waals surface area (Å²) in [6.45, 7) is 0.263. The number of aliphatic carboxylic acids is 1. The third kappa shape index (κ3) is 4.54. The van der Waals surface area contributed by atoms with E-state index in [-0.39, 0.29) is 24.7 Å². The Morgan fingerprint density at radius 3 is 2.61 bits per heavy atom. The van der Waals surface area contributed by atoms with Gasteiger partial charge in [0.2, 0.25) is 0 Å². The number of carbonyl (C=O) groups excluding carboxylic acids is 1. The van der Waals surface area contributed by atoms with Crippen LogP contribution in [0.25, 0.3) is 11.8 Å². The number of rotatable bonds is 6. The van der Waals surface area contributed by atoms with E-state index in [9.17, 15) is 14.0 Å². The van der Waals surface area contributed by atoms with Crippen molar-refractivity contribution < 1.29 is 19.1 Å². The third-order valence-electron chi connectivity index (χ3n) is 4.01. The number of benzene rings is 1. The van der Waals surface area contributed by atoms with Gasteiger partial charge in [-0.2, -0.15) is 0 Å². The molecule has 2 aromatic rings. The fraction of sp³-hybridized carbons (Fsp3) is 0.158. The highest BCUT2D eigenvalue weighted by Gasteiger charge is 2.31. The van der Waals surface area contributed by atoms with Crippen LogP contribution in [0, 0.1) is 10.5 Å². The van der Waals surface area contributed by atoms with Crippen molar-refractivity contribution in [1.82, 2.24) is 9.47 Å². The number of thiocarbonyl (C=S) groups is 1. The van der Waals surface area contributed by atoms with Crippen LogP contribution in [0.1, 0.15) is 18.4 Å². The van der Waals surface area contributed by atoms with E-state index in [2.05, 4.69) is 0 Å². The zero-order chi connectivity index (χ0) is 20.3. The second-order valence-electron chi connectivity index (χ2n) is 5.95. The molecule has 1 aliphatic heterocycles. The van der Waals surface area contributed by atoms with Gasteiger partial charge in [0.15, 0.2) is 0 Å². The first kappa shape index (κ1) is 20.4. The third-order valence-corrected chi connectivity index (χ3v) is 5.82. The summed E-state index contributed by atoms with van der Waals surface area (Å²) in [6, 6.07) is 9.53. The number of carboxylic acid groups (broad SMARTS) is 1. The van der Waals surface area contributed by atoms with E-state index in [1.54, 1.807) is 41.1 Å². The maximum atomic E-state index is 13.2. The molecule has 1 aromatic carbocycles. The predicted molar refractivity (Wildman–Crippen MR) is 113 cm³/mol. The molecule has 0 unspecified atom stereocenters. The van der Waals surface area contributed by atoms with E-state index in [1.165, 1.54) is 17.0 Å². The van der Waals surface area contributed by atoms with Crippen molar-refractivity contribution in [3.63, 3.8) is 0 Å². The summed E-state index contributed by atoms with van der Waals surface area (Å²) in [7, 11) is 0.